The normalized spacial score (nSPS) is 13.1. The third-order valence-electron chi connectivity index (χ3n) is 4.84. The van der Waals surface area contributed by atoms with E-state index in [2.05, 4.69) is 9.71 Å². The first-order valence-electron chi connectivity index (χ1n) is 9.85. The SMILES string of the molecule is O=C(O)CCCCC(CCNS(=O)(=O)c1ccc(C(F)(F)F)cc1)Cc1cccnc1. The molecule has 2 N–H and O–H groups in total. The van der Waals surface area contributed by atoms with Crippen LogP contribution in [0.15, 0.2) is 53.7 Å². The van der Waals surface area contributed by atoms with Crippen molar-refractivity contribution in [2.24, 2.45) is 5.92 Å². The second-order valence-corrected chi connectivity index (χ2v) is 9.05. The monoisotopic (exact) mass is 458 g/mol. The number of halogens is 3. The maximum atomic E-state index is 12.7. The number of hydrogen-bond acceptors (Lipinski definition) is 4. The van der Waals surface area contributed by atoms with E-state index in [0.717, 1.165) is 36.2 Å². The molecule has 0 spiro atoms. The van der Waals surface area contributed by atoms with Crippen LogP contribution in [0.25, 0.3) is 0 Å². The lowest BCUT2D eigenvalue weighted by atomic mass is 9.91. The minimum Gasteiger partial charge on any atom is -0.481 e. The van der Waals surface area contributed by atoms with Gasteiger partial charge in [0.05, 0.1) is 10.5 Å². The van der Waals surface area contributed by atoms with Crippen molar-refractivity contribution >= 4 is 16.0 Å². The lowest BCUT2D eigenvalue weighted by molar-refractivity contribution is -0.138. The van der Waals surface area contributed by atoms with Crippen molar-refractivity contribution in [1.29, 1.82) is 0 Å². The average Bonchev–Trinajstić information content (AvgIpc) is 2.71. The number of carboxylic acid groups (broad SMARTS) is 1. The zero-order valence-corrected chi connectivity index (χ0v) is 17.6. The molecule has 1 unspecified atom stereocenters. The third kappa shape index (κ3) is 8.66. The first-order chi connectivity index (χ1) is 14.6. The number of aromatic nitrogens is 1. The van der Waals surface area contributed by atoms with Gasteiger partial charge in [0.15, 0.2) is 0 Å². The second kappa shape index (κ2) is 11.2. The molecule has 0 aliphatic heterocycles. The maximum absolute atomic E-state index is 12.7. The highest BCUT2D eigenvalue weighted by Gasteiger charge is 2.30. The summed E-state index contributed by atoms with van der Waals surface area (Å²) in [5.74, 6) is -0.749. The van der Waals surface area contributed by atoms with Crippen LogP contribution in [0.5, 0.6) is 0 Å². The number of pyridine rings is 1. The maximum Gasteiger partial charge on any atom is 0.416 e. The van der Waals surface area contributed by atoms with Crippen molar-refractivity contribution in [3.8, 4) is 0 Å². The van der Waals surface area contributed by atoms with Crippen molar-refractivity contribution in [1.82, 2.24) is 9.71 Å². The highest BCUT2D eigenvalue weighted by Crippen LogP contribution is 2.29. The molecule has 0 aliphatic rings. The molecule has 0 aliphatic carbocycles. The Kier molecular flexibility index (Phi) is 9.00. The molecular weight excluding hydrogens is 433 g/mol. The summed E-state index contributed by atoms with van der Waals surface area (Å²) in [6.45, 7) is 0.118. The molecule has 0 saturated heterocycles. The number of unbranched alkanes of at least 4 members (excludes halogenated alkanes) is 1. The molecule has 2 aromatic rings. The fourth-order valence-electron chi connectivity index (χ4n) is 3.21. The van der Waals surface area contributed by atoms with Crippen molar-refractivity contribution in [2.75, 3.05) is 6.54 Å². The summed E-state index contributed by atoms with van der Waals surface area (Å²) in [6, 6.07) is 7.08. The van der Waals surface area contributed by atoms with E-state index < -0.39 is 27.7 Å². The fraction of sp³-hybridized carbons (Fsp3) is 0.429. The van der Waals surface area contributed by atoms with Gasteiger partial charge in [0.25, 0.3) is 0 Å². The van der Waals surface area contributed by atoms with Gasteiger partial charge >= 0.3 is 12.1 Å². The molecule has 0 radical (unpaired) electrons. The summed E-state index contributed by atoms with van der Waals surface area (Å²) in [5.41, 5.74) is 0.0840. The van der Waals surface area contributed by atoms with Gasteiger partial charge in [-0.25, -0.2) is 13.1 Å². The molecule has 1 heterocycles. The van der Waals surface area contributed by atoms with Crippen LogP contribution in [0.3, 0.4) is 0 Å². The van der Waals surface area contributed by atoms with E-state index in [-0.39, 0.29) is 23.8 Å². The van der Waals surface area contributed by atoms with Gasteiger partial charge in [-0.15, -0.1) is 0 Å². The van der Waals surface area contributed by atoms with Crippen molar-refractivity contribution in [2.45, 2.75) is 49.6 Å². The Labute approximate surface area is 179 Å². The minimum absolute atomic E-state index is 0.0835. The molecule has 31 heavy (non-hydrogen) atoms. The summed E-state index contributed by atoms with van der Waals surface area (Å²) in [6.07, 6.45) is 2.07. The van der Waals surface area contributed by atoms with E-state index in [1.165, 1.54) is 0 Å². The van der Waals surface area contributed by atoms with E-state index in [1.54, 1.807) is 12.4 Å². The van der Waals surface area contributed by atoms with Gasteiger partial charge in [-0.05, 0) is 61.1 Å². The first kappa shape index (κ1) is 24.8. The summed E-state index contributed by atoms with van der Waals surface area (Å²) >= 11 is 0. The number of nitrogens with zero attached hydrogens (tertiary/aromatic N) is 1. The minimum atomic E-state index is -4.53. The molecule has 10 heteroatoms. The molecule has 1 aromatic heterocycles. The van der Waals surface area contributed by atoms with Crippen LogP contribution in [0.4, 0.5) is 13.2 Å². The van der Waals surface area contributed by atoms with Crippen LogP contribution in [0.2, 0.25) is 0 Å². The number of rotatable bonds is 12. The van der Waals surface area contributed by atoms with Gasteiger partial charge in [0, 0.05) is 25.4 Å². The van der Waals surface area contributed by atoms with Gasteiger partial charge in [0.1, 0.15) is 0 Å². The summed E-state index contributed by atoms with van der Waals surface area (Å²) in [5, 5.41) is 8.77. The Morgan fingerprint density at radius 2 is 1.81 bits per heavy atom. The molecule has 1 aromatic carbocycles. The third-order valence-corrected chi connectivity index (χ3v) is 6.31. The summed E-state index contributed by atoms with van der Waals surface area (Å²) < 4.78 is 65.2. The largest absolute Gasteiger partial charge is 0.481 e. The number of carbonyl (C=O) groups is 1. The van der Waals surface area contributed by atoms with Gasteiger partial charge in [-0.2, -0.15) is 13.2 Å². The Bertz CT molecular complexity index is 933. The van der Waals surface area contributed by atoms with Crippen LogP contribution in [-0.2, 0) is 27.4 Å². The van der Waals surface area contributed by atoms with Crippen molar-refractivity contribution in [3.63, 3.8) is 0 Å². The predicted octanol–water partition coefficient (Wildman–Crippen LogP) is 4.27. The van der Waals surface area contributed by atoms with E-state index >= 15 is 0 Å². The van der Waals surface area contributed by atoms with E-state index in [9.17, 15) is 26.4 Å². The standard InChI is InChI=1S/C21H25F3N2O4S/c22-21(23,24)18-7-9-19(10-8-18)31(29,30)26-13-11-16(4-1-2-6-20(27)28)14-17-5-3-12-25-15-17/h3,5,7-10,12,15-16,26H,1-2,4,6,11,13-14H2,(H,27,28). The molecular formula is C21H25F3N2O4S. The molecule has 2 rings (SSSR count). The summed E-state index contributed by atoms with van der Waals surface area (Å²) in [4.78, 5) is 14.5. The van der Waals surface area contributed by atoms with Gasteiger partial charge < -0.3 is 5.11 Å². The van der Waals surface area contributed by atoms with Crippen LogP contribution < -0.4 is 4.72 Å². The van der Waals surface area contributed by atoms with Crippen LogP contribution in [-0.4, -0.2) is 31.0 Å². The molecule has 170 valence electrons. The van der Waals surface area contributed by atoms with Gasteiger partial charge in [0.2, 0.25) is 10.0 Å². The number of alkyl halides is 3. The number of carboxylic acids is 1. The molecule has 0 amide bonds. The Hall–Kier alpha value is -2.46. The van der Waals surface area contributed by atoms with Crippen LogP contribution in [0, 0.1) is 5.92 Å². The van der Waals surface area contributed by atoms with Crippen LogP contribution in [0.1, 0.15) is 43.2 Å². The fourth-order valence-corrected chi connectivity index (χ4v) is 4.26. The van der Waals surface area contributed by atoms with Crippen molar-refractivity contribution < 1.29 is 31.5 Å². The van der Waals surface area contributed by atoms with E-state index in [1.807, 2.05) is 12.1 Å². The highest BCUT2D eigenvalue weighted by molar-refractivity contribution is 7.89. The van der Waals surface area contributed by atoms with Gasteiger partial charge in [-0.3, -0.25) is 9.78 Å². The predicted molar refractivity (Wildman–Crippen MR) is 109 cm³/mol. The van der Waals surface area contributed by atoms with E-state index in [0.29, 0.717) is 25.7 Å². The second-order valence-electron chi connectivity index (χ2n) is 7.28. The molecule has 6 nitrogen and oxygen atoms in total. The smallest absolute Gasteiger partial charge is 0.416 e. The molecule has 1 atom stereocenters. The highest BCUT2D eigenvalue weighted by atomic mass is 32.2. The molecule has 0 fully saturated rings. The quantitative estimate of drug-likeness (QED) is 0.463. The Morgan fingerprint density at radius 1 is 1.10 bits per heavy atom. The van der Waals surface area contributed by atoms with E-state index in [4.69, 9.17) is 5.11 Å². The molecule has 0 saturated carbocycles. The van der Waals surface area contributed by atoms with Crippen molar-refractivity contribution in [3.05, 3.63) is 59.9 Å². The molecule has 0 bridgehead atoms. The number of nitrogens with one attached hydrogen (secondary N) is 1. The summed E-state index contributed by atoms with van der Waals surface area (Å²) in [7, 11) is -3.93. The number of hydrogen-bond donors (Lipinski definition) is 2. The first-order valence-corrected chi connectivity index (χ1v) is 11.3. The Morgan fingerprint density at radius 3 is 2.39 bits per heavy atom. The van der Waals surface area contributed by atoms with Gasteiger partial charge in [-0.1, -0.05) is 18.9 Å². The van der Waals surface area contributed by atoms with Crippen LogP contribution >= 0.6 is 0 Å². The zero-order valence-electron chi connectivity index (χ0n) is 16.8. The average molecular weight is 459 g/mol. The number of aliphatic carboxylic acids is 1. The Balaban J connectivity index is 1.95. The lowest BCUT2D eigenvalue weighted by Gasteiger charge is -2.17. The number of benzene rings is 1. The topological polar surface area (TPSA) is 96.4 Å². The lowest BCUT2D eigenvalue weighted by Crippen LogP contribution is -2.26. The number of sulfonamides is 1. The zero-order chi connectivity index (χ0) is 22.9.